The number of fused-ring (bicyclic) bond motifs is 1. The molecule has 0 spiro atoms. The number of nitrogens with zero attached hydrogens (tertiary/aromatic N) is 3. The maximum Gasteiger partial charge on any atom is 0.284 e. The summed E-state index contributed by atoms with van der Waals surface area (Å²) < 4.78 is 5.21. The second-order valence-electron chi connectivity index (χ2n) is 3.03. The molecule has 5 nitrogen and oxygen atoms in total. The van der Waals surface area contributed by atoms with E-state index >= 15 is 0 Å². The zero-order valence-electron chi connectivity index (χ0n) is 7.94. The number of carbonyl (C=O) groups excluding carboxylic acids is 1. The van der Waals surface area contributed by atoms with Crippen molar-refractivity contribution in [2.45, 2.75) is 6.92 Å². The number of aryl methyl sites for hydroxylation is 1. The van der Waals surface area contributed by atoms with Gasteiger partial charge in [-0.1, -0.05) is 0 Å². The van der Waals surface area contributed by atoms with Crippen LogP contribution in [0.25, 0.3) is 0 Å². The summed E-state index contributed by atoms with van der Waals surface area (Å²) in [6.45, 7) is 5.35. The van der Waals surface area contributed by atoms with Crippen molar-refractivity contribution in [1.29, 1.82) is 0 Å². The van der Waals surface area contributed by atoms with Gasteiger partial charge in [0.05, 0.1) is 11.9 Å². The van der Waals surface area contributed by atoms with E-state index in [0.717, 1.165) is 0 Å². The highest BCUT2D eigenvalue weighted by molar-refractivity contribution is 5.96. The molecule has 0 N–H and O–H groups in total. The average Bonchev–Trinajstić information content (AvgIpc) is 2.16. The van der Waals surface area contributed by atoms with E-state index in [0.29, 0.717) is 5.69 Å². The van der Waals surface area contributed by atoms with E-state index in [2.05, 4.69) is 16.5 Å². The highest BCUT2D eigenvalue weighted by Gasteiger charge is 2.28. The Bertz CT molecular complexity index is 428. The van der Waals surface area contributed by atoms with Crippen LogP contribution in [0.1, 0.15) is 16.2 Å². The van der Waals surface area contributed by atoms with Crippen LogP contribution >= 0.6 is 0 Å². The molecule has 2 heterocycles. The molecule has 1 aromatic rings. The van der Waals surface area contributed by atoms with Crippen LogP contribution in [0.2, 0.25) is 0 Å². The van der Waals surface area contributed by atoms with Gasteiger partial charge < -0.3 is 4.74 Å². The molecule has 14 heavy (non-hydrogen) atoms. The molecule has 5 heteroatoms. The smallest absolute Gasteiger partial charge is 0.284 e. The van der Waals surface area contributed by atoms with Crippen molar-refractivity contribution >= 4 is 5.91 Å². The Morgan fingerprint density at radius 1 is 1.57 bits per heavy atom. The van der Waals surface area contributed by atoms with Crippen LogP contribution < -0.4 is 4.74 Å². The molecule has 1 amide bonds. The number of hydrogen-bond acceptors (Lipinski definition) is 4. The molecule has 0 unspecified atom stereocenters. The van der Waals surface area contributed by atoms with E-state index in [1.54, 1.807) is 20.2 Å². The third-order valence-corrected chi connectivity index (χ3v) is 1.96. The zero-order valence-corrected chi connectivity index (χ0v) is 7.94. The van der Waals surface area contributed by atoms with Crippen LogP contribution in [0.4, 0.5) is 0 Å². The highest BCUT2D eigenvalue weighted by Crippen LogP contribution is 2.23. The Morgan fingerprint density at radius 3 is 3.00 bits per heavy atom. The summed E-state index contributed by atoms with van der Waals surface area (Å²) >= 11 is 0. The summed E-state index contributed by atoms with van der Waals surface area (Å²) in [6.07, 6.45) is 1.55. The molecule has 1 aliphatic heterocycles. The van der Waals surface area contributed by atoms with Gasteiger partial charge in [-0.05, 0) is 13.5 Å². The summed E-state index contributed by atoms with van der Waals surface area (Å²) in [5, 5.41) is 0. The summed E-state index contributed by atoms with van der Waals surface area (Å²) in [7, 11) is 1.58. The van der Waals surface area contributed by atoms with Gasteiger partial charge in [-0.2, -0.15) is 0 Å². The summed E-state index contributed by atoms with van der Waals surface area (Å²) in [5.74, 6) is 0.247. The summed E-state index contributed by atoms with van der Waals surface area (Å²) in [5.41, 5.74) is 0.918. The number of hydrogen-bond donors (Lipinski definition) is 0. The first-order chi connectivity index (χ1) is 6.59. The molecular weight excluding hydrogens is 182 g/mol. The summed E-state index contributed by atoms with van der Waals surface area (Å²) in [4.78, 5) is 21.0. The van der Waals surface area contributed by atoms with Crippen molar-refractivity contribution in [2.24, 2.45) is 0 Å². The van der Waals surface area contributed by atoms with E-state index in [9.17, 15) is 4.79 Å². The monoisotopic (exact) mass is 191 g/mol. The lowest BCUT2D eigenvalue weighted by Gasteiger charge is -2.24. The van der Waals surface area contributed by atoms with Crippen molar-refractivity contribution in [3.63, 3.8) is 0 Å². The minimum absolute atomic E-state index is 0.226. The van der Waals surface area contributed by atoms with Crippen molar-refractivity contribution in [3.8, 4) is 5.88 Å². The van der Waals surface area contributed by atoms with Gasteiger partial charge in [-0.15, -0.1) is 0 Å². The van der Waals surface area contributed by atoms with E-state index < -0.39 is 0 Å². The maximum atomic E-state index is 11.7. The van der Waals surface area contributed by atoms with Gasteiger partial charge >= 0.3 is 0 Å². The Kier molecular flexibility index (Phi) is 1.73. The third-order valence-electron chi connectivity index (χ3n) is 1.96. The lowest BCUT2D eigenvalue weighted by atomic mass is 10.3. The molecule has 0 bridgehead atoms. The van der Waals surface area contributed by atoms with Gasteiger partial charge in [0.2, 0.25) is 0 Å². The normalized spacial score (nSPS) is 15.1. The van der Waals surface area contributed by atoms with Crippen molar-refractivity contribution in [1.82, 2.24) is 14.9 Å². The number of amides is 1. The lowest BCUT2D eigenvalue weighted by molar-refractivity contribution is 0.0729. The topological polar surface area (TPSA) is 55.3 Å². The van der Waals surface area contributed by atoms with E-state index in [4.69, 9.17) is 4.74 Å². The minimum Gasteiger partial charge on any atom is -0.420 e. The maximum absolute atomic E-state index is 11.7. The predicted molar refractivity (Wildman–Crippen MR) is 48.6 cm³/mol. The molecule has 0 fully saturated rings. The molecule has 2 rings (SSSR count). The SMILES string of the molecule is C=C1Oc2ncc(C)nc2C(=O)N1C. The highest BCUT2D eigenvalue weighted by atomic mass is 16.5. The van der Waals surface area contributed by atoms with Crippen LogP contribution in [0, 0.1) is 6.92 Å². The Balaban J connectivity index is 2.57. The van der Waals surface area contributed by atoms with Crippen LogP contribution in [-0.2, 0) is 0 Å². The van der Waals surface area contributed by atoms with Gasteiger partial charge in [0.15, 0.2) is 11.6 Å². The fourth-order valence-electron chi connectivity index (χ4n) is 1.13. The molecule has 0 aliphatic carbocycles. The Hall–Kier alpha value is -1.91. The average molecular weight is 191 g/mol. The number of rotatable bonds is 0. The van der Waals surface area contributed by atoms with Gasteiger partial charge in [0.1, 0.15) is 0 Å². The molecule has 0 saturated heterocycles. The standard InChI is InChI=1S/C9H9N3O2/c1-5-4-10-8-7(11-5)9(13)12(3)6(2)14-8/h4H,2H2,1,3H3. The Labute approximate surface area is 81.0 Å². The van der Waals surface area contributed by atoms with Gasteiger partial charge in [0, 0.05) is 7.05 Å². The van der Waals surface area contributed by atoms with Crippen molar-refractivity contribution in [2.75, 3.05) is 7.05 Å². The Morgan fingerprint density at radius 2 is 2.29 bits per heavy atom. The first-order valence-corrected chi connectivity index (χ1v) is 4.08. The van der Waals surface area contributed by atoms with Crippen molar-refractivity contribution in [3.05, 3.63) is 30.0 Å². The second kappa shape index (κ2) is 2.80. The third kappa shape index (κ3) is 1.14. The number of carbonyl (C=O) groups is 1. The fourth-order valence-corrected chi connectivity index (χ4v) is 1.13. The van der Waals surface area contributed by atoms with Crippen LogP contribution in [-0.4, -0.2) is 27.8 Å². The molecule has 1 aliphatic rings. The largest absolute Gasteiger partial charge is 0.420 e. The van der Waals surface area contributed by atoms with Crippen LogP contribution in [0.15, 0.2) is 18.7 Å². The summed E-state index contributed by atoms with van der Waals surface area (Å²) in [6, 6.07) is 0. The van der Waals surface area contributed by atoms with Gasteiger partial charge in [0.25, 0.3) is 11.8 Å². The first kappa shape index (κ1) is 8.68. The minimum atomic E-state index is -0.243. The molecular formula is C9H9N3O2. The van der Waals surface area contributed by atoms with E-state index in [1.807, 2.05) is 0 Å². The van der Waals surface area contributed by atoms with Gasteiger partial charge in [-0.25, -0.2) is 9.97 Å². The first-order valence-electron chi connectivity index (χ1n) is 4.08. The van der Waals surface area contributed by atoms with E-state index in [-0.39, 0.29) is 23.4 Å². The number of aromatic nitrogens is 2. The van der Waals surface area contributed by atoms with Crippen LogP contribution in [0.5, 0.6) is 5.88 Å². The fraction of sp³-hybridized carbons (Fsp3) is 0.222. The second-order valence-corrected chi connectivity index (χ2v) is 3.03. The van der Waals surface area contributed by atoms with Gasteiger partial charge in [-0.3, -0.25) is 9.69 Å². The molecule has 0 saturated carbocycles. The number of ether oxygens (including phenoxy) is 1. The zero-order chi connectivity index (χ0) is 10.3. The molecule has 1 aromatic heterocycles. The molecule has 0 atom stereocenters. The molecule has 0 aromatic carbocycles. The lowest BCUT2D eigenvalue weighted by Crippen LogP contribution is -2.34. The van der Waals surface area contributed by atoms with Crippen molar-refractivity contribution < 1.29 is 9.53 Å². The molecule has 72 valence electrons. The molecule has 0 radical (unpaired) electrons. The van der Waals surface area contributed by atoms with E-state index in [1.165, 1.54) is 4.90 Å². The van der Waals surface area contributed by atoms with Crippen LogP contribution in [0.3, 0.4) is 0 Å². The predicted octanol–water partition coefficient (Wildman–Crippen LogP) is 0.721. The quantitative estimate of drug-likeness (QED) is 0.606.